The molecule has 15 aromatic rings. The lowest BCUT2D eigenvalue weighted by Crippen LogP contribution is -2.10. The molecule has 9 aromatic carbocycles. The number of hydrogen-bond acceptors (Lipinski definition) is 1. The Labute approximate surface area is 386 Å². The Morgan fingerprint density at radius 3 is 1.67 bits per heavy atom. The second-order valence-electron chi connectivity index (χ2n) is 21.2. The second kappa shape index (κ2) is 12.5. The number of fused-ring (bicyclic) bond motifs is 20. The lowest BCUT2D eigenvalue weighted by Gasteiger charge is -2.20. The van der Waals surface area contributed by atoms with Crippen molar-refractivity contribution in [1.82, 2.24) is 18.4 Å². The van der Waals surface area contributed by atoms with Crippen LogP contribution in [0.25, 0.3) is 136 Å². The van der Waals surface area contributed by atoms with E-state index in [4.69, 9.17) is 4.98 Å². The fourth-order valence-corrected chi connectivity index (χ4v) is 12.2. The molecule has 318 valence electrons. The summed E-state index contributed by atoms with van der Waals surface area (Å²) in [5, 5.41) is 17.9. The van der Waals surface area contributed by atoms with Crippen LogP contribution in [0.3, 0.4) is 0 Å². The van der Waals surface area contributed by atoms with Crippen molar-refractivity contribution < 1.29 is 0 Å². The number of pyridine rings is 1. The van der Waals surface area contributed by atoms with Gasteiger partial charge in [0.05, 0.1) is 44.8 Å². The molecule has 67 heavy (non-hydrogen) atoms. The SMILES string of the molecule is CC(C)(C)c1cc2c3c4ccccc4ccc3n3c4ncc5c(c6cc(C(C)(C)C)cc7c8c9ccccc9cc(-c9ccc%10c(c9)c9ccccc9n%10-c9ccccc9)c8n5c67)c4c(c1)c23. The zero-order valence-corrected chi connectivity index (χ0v) is 38.5. The minimum atomic E-state index is -0.0918. The largest absolute Gasteiger partial charge is 0.309 e. The minimum absolute atomic E-state index is 0.0663. The summed E-state index contributed by atoms with van der Waals surface area (Å²) >= 11 is 0. The van der Waals surface area contributed by atoms with Crippen LogP contribution in [0.5, 0.6) is 0 Å². The summed E-state index contributed by atoms with van der Waals surface area (Å²) in [5.41, 5.74) is 15.6. The predicted molar refractivity (Wildman–Crippen MR) is 286 cm³/mol. The lowest BCUT2D eigenvalue weighted by atomic mass is 9.84. The number of rotatable bonds is 2. The highest BCUT2D eigenvalue weighted by Gasteiger charge is 2.30. The molecule has 0 amide bonds. The standard InChI is InChI=1S/C63H46N4/c1-62(2,3)38-30-46-54-41-20-12-10-16-35(41)24-27-52(54)67-59(46)49(33-38)57-56-48-32-39(63(4,5)6)31-47-55-42-21-13-11-17-36(42)28-44(60(55)66(58(47)48)53(56)34-64-61(57)67)37-25-26-51-45(29-37)43-22-14-15-23-50(43)65(51)40-18-8-7-9-19-40/h7-34H,1-6H3. The molecule has 15 rings (SSSR count). The second-order valence-corrected chi connectivity index (χ2v) is 21.2. The van der Waals surface area contributed by atoms with Gasteiger partial charge in [-0.15, -0.1) is 0 Å². The molecule has 6 aromatic heterocycles. The van der Waals surface area contributed by atoms with Gasteiger partial charge in [-0.1, -0.05) is 139 Å². The molecule has 4 nitrogen and oxygen atoms in total. The molecule has 0 saturated carbocycles. The Morgan fingerprint density at radius 1 is 0.373 bits per heavy atom. The van der Waals surface area contributed by atoms with Crippen LogP contribution in [-0.4, -0.2) is 18.4 Å². The summed E-state index contributed by atoms with van der Waals surface area (Å²) in [6, 6.07) is 61.6. The molecule has 6 heterocycles. The van der Waals surface area contributed by atoms with Crippen molar-refractivity contribution in [1.29, 1.82) is 0 Å². The first kappa shape index (κ1) is 37.3. The average Bonchev–Trinajstić information content (AvgIpc) is 4.13. The summed E-state index contributed by atoms with van der Waals surface area (Å²) in [6.45, 7) is 14.1. The van der Waals surface area contributed by atoms with Gasteiger partial charge in [0.15, 0.2) is 0 Å². The maximum atomic E-state index is 5.60. The first-order chi connectivity index (χ1) is 32.5. The Balaban J connectivity index is 1.14. The average molecular weight is 859 g/mol. The van der Waals surface area contributed by atoms with Gasteiger partial charge in [0.1, 0.15) is 5.65 Å². The zero-order valence-electron chi connectivity index (χ0n) is 38.5. The van der Waals surface area contributed by atoms with Gasteiger partial charge in [-0.3, -0.25) is 4.40 Å². The quantitative estimate of drug-likeness (QED) is 0.170. The van der Waals surface area contributed by atoms with Gasteiger partial charge >= 0.3 is 0 Å². The van der Waals surface area contributed by atoms with Crippen molar-refractivity contribution in [2.24, 2.45) is 0 Å². The van der Waals surface area contributed by atoms with E-state index in [9.17, 15) is 0 Å². The van der Waals surface area contributed by atoms with Crippen LogP contribution >= 0.6 is 0 Å². The van der Waals surface area contributed by atoms with Crippen LogP contribution in [0.4, 0.5) is 0 Å². The van der Waals surface area contributed by atoms with Gasteiger partial charge in [-0.2, -0.15) is 0 Å². The summed E-state index contributed by atoms with van der Waals surface area (Å²) in [7, 11) is 0. The third-order valence-electron chi connectivity index (χ3n) is 15.4. The normalized spacial score (nSPS) is 13.2. The van der Waals surface area contributed by atoms with Crippen LogP contribution < -0.4 is 0 Å². The van der Waals surface area contributed by atoms with Gasteiger partial charge < -0.3 is 8.97 Å². The third kappa shape index (κ3) is 4.74. The fraction of sp³-hybridized carbons (Fsp3) is 0.127. The van der Waals surface area contributed by atoms with E-state index in [1.807, 2.05) is 0 Å². The smallest absolute Gasteiger partial charge is 0.146 e. The monoisotopic (exact) mass is 858 g/mol. The minimum Gasteiger partial charge on any atom is -0.309 e. The highest BCUT2D eigenvalue weighted by molar-refractivity contribution is 6.38. The van der Waals surface area contributed by atoms with E-state index in [1.165, 1.54) is 131 Å². The number of aromatic nitrogens is 4. The molecule has 0 aliphatic rings. The van der Waals surface area contributed by atoms with Crippen LogP contribution in [0, 0.1) is 0 Å². The molecule has 0 atom stereocenters. The van der Waals surface area contributed by atoms with E-state index in [0.717, 1.165) is 16.9 Å². The van der Waals surface area contributed by atoms with Crippen molar-refractivity contribution >= 4 is 120 Å². The van der Waals surface area contributed by atoms with Crippen LogP contribution in [0.2, 0.25) is 0 Å². The third-order valence-corrected chi connectivity index (χ3v) is 15.4. The first-order valence-electron chi connectivity index (χ1n) is 23.7. The van der Waals surface area contributed by atoms with Crippen LogP contribution in [-0.2, 0) is 10.8 Å². The Morgan fingerprint density at radius 2 is 0.940 bits per heavy atom. The molecule has 0 bridgehead atoms. The summed E-state index contributed by atoms with van der Waals surface area (Å²) in [5.74, 6) is 0. The van der Waals surface area contributed by atoms with Gasteiger partial charge in [0.2, 0.25) is 0 Å². The topological polar surface area (TPSA) is 26.6 Å². The molecule has 0 fully saturated rings. The Bertz CT molecular complexity index is 4620. The van der Waals surface area contributed by atoms with Crippen molar-refractivity contribution in [3.05, 3.63) is 181 Å². The molecule has 0 aliphatic heterocycles. The van der Waals surface area contributed by atoms with E-state index >= 15 is 0 Å². The summed E-state index contributed by atoms with van der Waals surface area (Å²) < 4.78 is 7.48. The molecule has 0 N–H and O–H groups in total. The summed E-state index contributed by atoms with van der Waals surface area (Å²) in [6.07, 6.45) is 2.19. The molecule has 0 saturated heterocycles. The highest BCUT2D eigenvalue weighted by Crippen LogP contribution is 2.51. The number of hydrogen-bond donors (Lipinski definition) is 0. The highest BCUT2D eigenvalue weighted by atomic mass is 15.0. The van der Waals surface area contributed by atoms with E-state index in [-0.39, 0.29) is 10.8 Å². The molecular weight excluding hydrogens is 813 g/mol. The molecule has 0 spiro atoms. The number of para-hydroxylation sites is 2. The predicted octanol–water partition coefficient (Wildman–Crippen LogP) is 17.0. The van der Waals surface area contributed by atoms with Gasteiger partial charge in [0, 0.05) is 65.1 Å². The van der Waals surface area contributed by atoms with Crippen LogP contribution in [0.15, 0.2) is 170 Å². The van der Waals surface area contributed by atoms with E-state index < -0.39 is 0 Å². The fourth-order valence-electron chi connectivity index (χ4n) is 12.2. The number of nitrogens with zero attached hydrogens (tertiary/aromatic N) is 4. The van der Waals surface area contributed by atoms with E-state index in [0.29, 0.717) is 0 Å². The Hall–Kier alpha value is -7.95. The van der Waals surface area contributed by atoms with Crippen molar-refractivity contribution in [2.45, 2.75) is 52.4 Å². The lowest BCUT2D eigenvalue weighted by molar-refractivity contribution is 0.591. The van der Waals surface area contributed by atoms with Gasteiger partial charge in [-0.25, -0.2) is 4.98 Å². The van der Waals surface area contributed by atoms with Gasteiger partial charge in [0.25, 0.3) is 0 Å². The van der Waals surface area contributed by atoms with Crippen molar-refractivity contribution in [3.8, 4) is 16.8 Å². The molecule has 0 radical (unpaired) electrons. The molecular formula is C63H46N4. The van der Waals surface area contributed by atoms with Gasteiger partial charge in [-0.05, 0) is 116 Å². The first-order valence-corrected chi connectivity index (χ1v) is 23.7. The molecule has 4 heteroatoms. The van der Waals surface area contributed by atoms with Crippen molar-refractivity contribution in [2.75, 3.05) is 0 Å². The van der Waals surface area contributed by atoms with E-state index in [2.05, 4.69) is 225 Å². The molecule has 0 unspecified atom stereocenters. The maximum absolute atomic E-state index is 5.60. The van der Waals surface area contributed by atoms with Crippen molar-refractivity contribution in [3.63, 3.8) is 0 Å². The number of benzene rings is 9. The van der Waals surface area contributed by atoms with E-state index in [1.54, 1.807) is 0 Å². The zero-order chi connectivity index (χ0) is 44.8. The summed E-state index contributed by atoms with van der Waals surface area (Å²) in [4.78, 5) is 5.60. The molecule has 0 aliphatic carbocycles. The Kier molecular flexibility index (Phi) is 6.94. The van der Waals surface area contributed by atoms with Crippen LogP contribution in [0.1, 0.15) is 52.7 Å². The maximum Gasteiger partial charge on any atom is 0.146 e.